The Balaban J connectivity index is 2.51. The molecule has 0 N–H and O–H groups in total. The molecule has 1 aliphatic carbocycles. The van der Waals surface area contributed by atoms with E-state index in [4.69, 9.17) is 4.74 Å². The van der Waals surface area contributed by atoms with Gasteiger partial charge in [-0.25, -0.2) is 0 Å². The molecule has 0 bridgehead atoms. The molecule has 0 aliphatic heterocycles. The van der Waals surface area contributed by atoms with Gasteiger partial charge in [-0.2, -0.15) is 0 Å². The van der Waals surface area contributed by atoms with Crippen LogP contribution >= 0.6 is 0 Å². The van der Waals surface area contributed by atoms with Crippen molar-refractivity contribution in [2.75, 3.05) is 6.61 Å². The Labute approximate surface area is 66.5 Å². The number of ether oxygens (including phenoxy) is 1. The lowest BCUT2D eigenvalue weighted by Gasteiger charge is -2.03. The molecule has 1 rings (SSSR count). The zero-order valence-electron chi connectivity index (χ0n) is 6.83. The van der Waals surface area contributed by atoms with Gasteiger partial charge in [0.15, 0.2) is 0 Å². The zero-order chi connectivity index (χ0) is 8.27. The van der Waals surface area contributed by atoms with Crippen LogP contribution in [0.15, 0.2) is 23.8 Å². The summed E-state index contributed by atoms with van der Waals surface area (Å²) in [5.41, 5.74) is 1.13. The molecule has 0 spiro atoms. The van der Waals surface area contributed by atoms with E-state index in [0.29, 0.717) is 6.61 Å². The predicted molar refractivity (Wildman–Crippen MR) is 43.0 cm³/mol. The van der Waals surface area contributed by atoms with Crippen molar-refractivity contribution >= 4 is 5.97 Å². The summed E-state index contributed by atoms with van der Waals surface area (Å²) in [6.45, 7) is 4.24. The SMILES string of the molecule is CCOC(=O)C1C=CC(C)=C1. The molecule has 0 aromatic heterocycles. The second kappa shape index (κ2) is 3.37. The fraction of sp³-hybridized carbons (Fsp3) is 0.444. The van der Waals surface area contributed by atoms with E-state index in [1.165, 1.54) is 0 Å². The van der Waals surface area contributed by atoms with Gasteiger partial charge in [-0.1, -0.05) is 23.8 Å². The van der Waals surface area contributed by atoms with E-state index in [2.05, 4.69) is 0 Å². The molecule has 0 saturated carbocycles. The van der Waals surface area contributed by atoms with Gasteiger partial charge in [0.25, 0.3) is 0 Å². The number of hydrogen-bond donors (Lipinski definition) is 0. The molecule has 60 valence electrons. The minimum atomic E-state index is -0.152. The summed E-state index contributed by atoms with van der Waals surface area (Å²) < 4.78 is 4.84. The summed E-state index contributed by atoms with van der Waals surface area (Å²) in [7, 11) is 0. The van der Waals surface area contributed by atoms with Crippen LogP contribution in [0.2, 0.25) is 0 Å². The maximum atomic E-state index is 11.1. The molecule has 0 fully saturated rings. The molecule has 0 radical (unpaired) electrons. The van der Waals surface area contributed by atoms with Crippen molar-refractivity contribution in [3.05, 3.63) is 23.8 Å². The van der Waals surface area contributed by atoms with Crippen LogP contribution < -0.4 is 0 Å². The quantitative estimate of drug-likeness (QED) is 0.563. The predicted octanol–water partition coefficient (Wildman–Crippen LogP) is 1.68. The Morgan fingerprint density at radius 3 is 2.91 bits per heavy atom. The van der Waals surface area contributed by atoms with Gasteiger partial charge in [-0.3, -0.25) is 4.79 Å². The molecule has 0 amide bonds. The van der Waals surface area contributed by atoms with Gasteiger partial charge in [0.1, 0.15) is 0 Å². The smallest absolute Gasteiger partial charge is 0.316 e. The van der Waals surface area contributed by atoms with Crippen molar-refractivity contribution in [1.29, 1.82) is 0 Å². The third kappa shape index (κ3) is 1.93. The number of hydrogen-bond acceptors (Lipinski definition) is 2. The Morgan fingerprint density at radius 1 is 1.73 bits per heavy atom. The standard InChI is InChI=1S/C9H12O2/c1-3-11-9(10)8-5-4-7(2)6-8/h4-6,8H,3H2,1-2H3. The summed E-state index contributed by atoms with van der Waals surface area (Å²) in [6, 6.07) is 0. The van der Waals surface area contributed by atoms with Gasteiger partial charge in [-0.05, 0) is 13.8 Å². The van der Waals surface area contributed by atoms with Gasteiger partial charge < -0.3 is 4.74 Å². The van der Waals surface area contributed by atoms with E-state index < -0.39 is 0 Å². The third-order valence-corrected chi connectivity index (χ3v) is 1.57. The number of carbonyl (C=O) groups excluding carboxylic acids is 1. The van der Waals surface area contributed by atoms with Gasteiger partial charge in [0.05, 0.1) is 12.5 Å². The Morgan fingerprint density at radius 2 is 2.45 bits per heavy atom. The number of rotatable bonds is 2. The number of carbonyl (C=O) groups is 1. The monoisotopic (exact) mass is 152 g/mol. The lowest BCUT2D eigenvalue weighted by atomic mass is 10.2. The van der Waals surface area contributed by atoms with E-state index in [1.807, 2.05) is 32.1 Å². The van der Waals surface area contributed by atoms with E-state index in [0.717, 1.165) is 5.57 Å². The second-order valence-corrected chi connectivity index (χ2v) is 2.55. The lowest BCUT2D eigenvalue weighted by molar-refractivity contribution is -0.144. The highest BCUT2D eigenvalue weighted by Crippen LogP contribution is 2.16. The maximum Gasteiger partial charge on any atom is 0.316 e. The first-order valence-corrected chi connectivity index (χ1v) is 3.77. The molecular weight excluding hydrogens is 140 g/mol. The van der Waals surface area contributed by atoms with Gasteiger partial charge in [0.2, 0.25) is 0 Å². The highest BCUT2D eigenvalue weighted by atomic mass is 16.5. The van der Waals surface area contributed by atoms with Crippen LogP contribution in [0.4, 0.5) is 0 Å². The third-order valence-electron chi connectivity index (χ3n) is 1.57. The average Bonchev–Trinajstić information content (AvgIpc) is 2.36. The minimum Gasteiger partial charge on any atom is -0.465 e. The van der Waals surface area contributed by atoms with Crippen molar-refractivity contribution in [3.63, 3.8) is 0 Å². The number of esters is 1. The molecule has 1 unspecified atom stereocenters. The molecule has 0 saturated heterocycles. The summed E-state index contributed by atoms with van der Waals surface area (Å²) in [4.78, 5) is 11.1. The first-order valence-electron chi connectivity index (χ1n) is 3.77. The van der Waals surface area contributed by atoms with Crippen molar-refractivity contribution in [1.82, 2.24) is 0 Å². The zero-order valence-corrected chi connectivity index (χ0v) is 6.83. The van der Waals surface area contributed by atoms with Crippen LogP contribution in [0, 0.1) is 5.92 Å². The highest BCUT2D eigenvalue weighted by Gasteiger charge is 2.16. The van der Waals surface area contributed by atoms with Gasteiger partial charge in [-0.15, -0.1) is 0 Å². The molecule has 0 aromatic carbocycles. The maximum absolute atomic E-state index is 11.1. The molecule has 2 heteroatoms. The van der Waals surface area contributed by atoms with Crippen molar-refractivity contribution in [2.45, 2.75) is 13.8 Å². The van der Waals surface area contributed by atoms with Crippen LogP contribution in [0.25, 0.3) is 0 Å². The first-order chi connectivity index (χ1) is 5.24. The van der Waals surface area contributed by atoms with E-state index in [9.17, 15) is 4.79 Å². The summed E-state index contributed by atoms with van der Waals surface area (Å²) in [6.07, 6.45) is 5.69. The Hall–Kier alpha value is -1.05. The normalized spacial score (nSPS) is 21.6. The molecule has 1 atom stereocenters. The fourth-order valence-corrected chi connectivity index (χ4v) is 1.03. The van der Waals surface area contributed by atoms with Crippen molar-refractivity contribution in [3.8, 4) is 0 Å². The average molecular weight is 152 g/mol. The largest absolute Gasteiger partial charge is 0.465 e. The highest BCUT2D eigenvalue weighted by molar-refractivity contribution is 5.78. The summed E-state index contributed by atoms with van der Waals surface area (Å²) >= 11 is 0. The van der Waals surface area contributed by atoms with Crippen molar-refractivity contribution < 1.29 is 9.53 Å². The minimum absolute atomic E-state index is 0.144. The topological polar surface area (TPSA) is 26.3 Å². The molecular formula is C9H12O2. The molecule has 0 aromatic rings. The van der Waals surface area contributed by atoms with Gasteiger partial charge >= 0.3 is 5.97 Å². The van der Waals surface area contributed by atoms with E-state index in [1.54, 1.807) is 0 Å². The second-order valence-electron chi connectivity index (χ2n) is 2.55. The first kappa shape index (κ1) is 8.05. The molecule has 0 heterocycles. The lowest BCUT2D eigenvalue weighted by Crippen LogP contribution is -2.12. The Bertz CT molecular complexity index is 214. The summed E-state index contributed by atoms with van der Waals surface area (Å²) in [5, 5.41) is 0. The molecule has 1 aliphatic rings. The van der Waals surface area contributed by atoms with Gasteiger partial charge in [0, 0.05) is 0 Å². The Kier molecular flexibility index (Phi) is 2.47. The molecule has 2 nitrogen and oxygen atoms in total. The van der Waals surface area contributed by atoms with Crippen LogP contribution in [-0.2, 0) is 9.53 Å². The van der Waals surface area contributed by atoms with Crippen LogP contribution in [0.3, 0.4) is 0 Å². The summed E-state index contributed by atoms with van der Waals surface area (Å²) in [5.74, 6) is -0.296. The van der Waals surface area contributed by atoms with Crippen molar-refractivity contribution in [2.24, 2.45) is 5.92 Å². The van der Waals surface area contributed by atoms with E-state index in [-0.39, 0.29) is 11.9 Å². The number of allylic oxidation sites excluding steroid dienone is 2. The van der Waals surface area contributed by atoms with E-state index >= 15 is 0 Å². The van der Waals surface area contributed by atoms with Crippen LogP contribution in [0.1, 0.15) is 13.8 Å². The van der Waals surface area contributed by atoms with Crippen LogP contribution in [-0.4, -0.2) is 12.6 Å². The van der Waals surface area contributed by atoms with Crippen LogP contribution in [0.5, 0.6) is 0 Å². The molecule has 11 heavy (non-hydrogen) atoms. The fourth-order valence-electron chi connectivity index (χ4n) is 1.03.